The van der Waals surface area contributed by atoms with Crippen LogP contribution in [-0.2, 0) is 0 Å². The van der Waals surface area contributed by atoms with E-state index >= 15 is 0 Å². The number of nitrogens with one attached hydrogen (secondary N) is 3. The van der Waals surface area contributed by atoms with Crippen LogP contribution in [0.4, 0.5) is 10.5 Å². The van der Waals surface area contributed by atoms with Gasteiger partial charge in [0, 0.05) is 24.8 Å². The molecule has 1 aromatic rings. The quantitative estimate of drug-likeness (QED) is 0.690. The molecule has 0 fully saturated rings. The molecule has 2 amide bonds. The minimum atomic E-state index is -0.164. The molecule has 21 heavy (non-hydrogen) atoms. The van der Waals surface area contributed by atoms with Gasteiger partial charge in [-0.05, 0) is 51.7 Å². The lowest BCUT2D eigenvalue weighted by molar-refractivity contribution is 0.250. The third-order valence-electron chi connectivity index (χ3n) is 3.19. The standard InChI is InChI=1S/C16H28N4O/c1-5-9-17-13(2)14-7-6-8-15(12-14)19-16(21)18-10-11-20(3)4/h6-8,12-13,17H,5,9-11H2,1-4H3,(H2,18,19,21). The monoisotopic (exact) mass is 292 g/mol. The van der Waals surface area contributed by atoms with Crippen molar-refractivity contribution in [3.8, 4) is 0 Å². The van der Waals surface area contributed by atoms with Gasteiger partial charge >= 0.3 is 6.03 Å². The highest BCUT2D eigenvalue weighted by atomic mass is 16.2. The van der Waals surface area contributed by atoms with E-state index in [1.807, 2.05) is 37.2 Å². The highest BCUT2D eigenvalue weighted by molar-refractivity contribution is 5.89. The zero-order chi connectivity index (χ0) is 15.7. The number of carbonyl (C=O) groups is 1. The molecule has 0 spiro atoms. The van der Waals surface area contributed by atoms with Gasteiger partial charge in [0.1, 0.15) is 0 Å². The third-order valence-corrected chi connectivity index (χ3v) is 3.19. The summed E-state index contributed by atoms with van der Waals surface area (Å²) in [4.78, 5) is 13.8. The van der Waals surface area contributed by atoms with Gasteiger partial charge in [-0.25, -0.2) is 4.79 Å². The smallest absolute Gasteiger partial charge is 0.319 e. The summed E-state index contributed by atoms with van der Waals surface area (Å²) >= 11 is 0. The van der Waals surface area contributed by atoms with Crippen molar-refractivity contribution < 1.29 is 4.79 Å². The number of benzene rings is 1. The summed E-state index contributed by atoms with van der Waals surface area (Å²) in [6.07, 6.45) is 1.11. The number of hydrogen-bond acceptors (Lipinski definition) is 3. The van der Waals surface area contributed by atoms with Crippen LogP contribution >= 0.6 is 0 Å². The molecule has 3 N–H and O–H groups in total. The van der Waals surface area contributed by atoms with Crippen LogP contribution in [0.2, 0.25) is 0 Å². The molecule has 1 aromatic carbocycles. The number of urea groups is 1. The number of carbonyl (C=O) groups excluding carboxylic acids is 1. The fourth-order valence-corrected chi connectivity index (χ4v) is 1.93. The van der Waals surface area contributed by atoms with E-state index in [1.165, 1.54) is 5.56 Å². The first-order valence-electron chi connectivity index (χ1n) is 7.56. The second-order valence-corrected chi connectivity index (χ2v) is 5.49. The van der Waals surface area contributed by atoms with Crippen LogP contribution in [0.1, 0.15) is 31.9 Å². The van der Waals surface area contributed by atoms with Crippen molar-refractivity contribution in [2.45, 2.75) is 26.3 Å². The van der Waals surface area contributed by atoms with Crippen LogP contribution in [0, 0.1) is 0 Å². The zero-order valence-electron chi connectivity index (χ0n) is 13.6. The molecule has 0 aromatic heterocycles. The van der Waals surface area contributed by atoms with Crippen LogP contribution in [0.5, 0.6) is 0 Å². The van der Waals surface area contributed by atoms with Gasteiger partial charge in [0.15, 0.2) is 0 Å². The van der Waals surface area contributed by atoms with Crippen LogP contribution in [-0.4, -0.2) is 44.7 Å². The molecule has 1 atom stereocenters. The Morgan fingerprint density at radius 1 is 1.29 bits per heavy atom. The molecule has 1 unspecified atom stereocenters. The summed E-state index contributed by atoms with van der Waals surface area (Å²) in [5.74, 6) is 0. The van der Waals surface area contributed by atoms with E-state index in [2.05, 4.69) is 35.9 Å². The zero-order valence-corrected chi connectivity index (χ0v) is 13.6. The minimum Gasteiger partial charge on any atom is -0.337 e. The lowest BCUT2D eigenvalue weighted by Crippen LogP contribution is -2.34. The van der Waals surface area contributed by atoms with Gasteiger partial charge in [-0.1, -0.05) is 19.1 Å². The molecule has 0 aliphatic rings. The van der Waals surface area contributed by atoms with E-state index in [0.717, 1.165) is 25.2 Å². The lowest BCUT2D eigenvalue weighted by atomic mass is 10.1. The van der Waals surface area contributed by atoms with Crippen molar-refractivity contribution in [3.05, 3.63) is 29.8 Å². The maximum Gasteiger partial charge on any atom is 0.319 e. The van der Waals surface area contributed by atoms with Crippen molar-refractivity contribution in [3.63, 3.8) is 0 Å². The summed E-state index contributed by atoms with van der Waals surface area (Å²) in [7, 11) is 3.96. The molecule has 0 heterocycles. The van der Waals surface area contributed by atoms with E-state index in [1.54, 1.807) is 0 Å². The Bertz CT molecular complexity index is 434. The van der Waals surface area contributed by atoms with Crippen molar-refractivity contribution in [2.24, 2.45) is 0 Å². The predicted molar refractivity (Wildman–Crippen MR) is 88.7 cm³/mol. The fourth-order valence-electron chi connectivity index (χ4n) is 1.93. The Kier molecular flexibility index (Phi) is 7.79. The average molecular weight is 292 g/mol. The highest BCUT2D eigenvalue weighted by Gasteiger charge is 2.06. The van der Waals surface area contributed by atoms with E-state index in [9.17, 15) is 4.79 Å². The third kappa shape index (κ3) is 7.11. The fraction of sp³-hybridized carbons (Fsp3) is 0.562. The number of rotatable bonds is 8. The Morgan fingerprint density at radius 3 is 2.71 bits per heavy atom. The summed E-state index contributed by atoms with van der Waals surface area (Å²) < 4.78 is 0. The van der Waals surface area contributed by atoms with Gasteiger partial charge in [0.05, 0.1) is 0 Å². The molecule has 118 valence electrons. The van der Waals surface area contributed by atoms with Crippen molar-refractivity contribution in [2.75, 3.05) is 39.0 Å². The first-order chi connectivity index (χ1) is 10.0. The summed E-state index contributed by atoms with van der Waals surface area (Å²) in [5, 5.41) is 9.15. The van der Waals surface area contributed by atoms with Crippen LogP contribution < -0.4 is 16.0 Å². The molecular weight excluding hydrogens is 264 g/mol. The Balaban J connectivity index is 2.50. The molecule has 0 saturated carbocycles. The number of nitrogens with zero attached hydrogens (tertiary/aromatic N) is 1. The molecule has 0 saturated heterocycles. The topological polar surface area (TPSA) is 56.4 Å². The Labute approximate surface area is 128 Å². The summed E-state index contributed by atoms with van der Waals surface area (Å²) in [6, 6.07) is 8.07. The van der Waals surface area contributed by atoms with Crippen molar-refractivity contribution >= 4 is 11.7 Å². The number of anilines is 1. The second kappa shape index (κ2) is 9.37. The lowest BCUT2D eigenvalue weighted by Gasteiger charge is -2.15. The Hall–Kier alpha value is -1.59. The van der Waals surface area contributed by atoms with Gasteiger partial charge in [-0.2, -0.15) is 0 Å². The second-order valence-electron chi connectivity index (χ2n) is 5.49. The molecule has 0 bridgehead atoms. The predicted octanol–water partition coefficient (Wildman–Crippen LogP) is 2.43. The van der Waals surface area contributed by atoms with Gasteiger partial charge < -0.3 is 20.9 Å². The van der Waals surface area contributed by atoms with E-state index < -0.39 is 0 Å². The van der Waals surface area contributed by atoms with Gasteiger partial charge in [0.25, 0.3) is 0 Å². The molecular formula is C16H28N4O. The molecule has 0 aliphatic carbocycles. The number of amides is 2. The van der Waals surface area contributed by atoms with Crippen molar-refractivity contribution in [1.82, 2.24) is 15.5 Å². The SMILES string of the molecule is CCCNC(C)c1cccc(NC(=O)NCCN(C)C)c1. The highest BCUT2D eigenvalue weighted by Crippen LogP contribution is 2.17. The average Bonchev–Trinajstić information content (AvgIpc) is 2.44. The molecule has 0 aliphatic heterocycles. The first kappa shape index (κ1) is 17.5. The molecule has 5 heteroatoms. The van der Waals surface area contributed by atoms with Crippen LogP contribution in [0.25, 0.3) is 0 Å². The van der Waals surface area contributed by atoms with Gasteiger partial charge in [-0.3, -0.25) is 0 Å². The molecule has 0 radical (unpaired) electrons. The Morgan fingerprint density at radius 2 is 2.05 bits per heavy atom. The molecule has 5 nitrogen and oxygen atoms in total. The maximum absolute atomic E-state index is 11.8. The summed E-state index contributed by atoms with van der Waals surface area (Å²) in [6.45, 7) is 6.73. The van der Waals surface area contributed by atoms with E-state index in [0.29, 0.717) is 6.54 Å². The largest absolute Gasteiger partial charge is 0.337 e. The van der Waals surface area contributed by atoms with Crippen molar-refractivity contribution in [1.29, 1.82) is 0 Å². The van der Waals surface area contributed by atoms with Gasteiger partial charge in [-0.15, -0.1) is 0 Å². The number of likely N-dealkylation sites (N-methyl/N-ethyl adjacent to an activating group) is 1. The minimum absolute atomic E-state index is 0.164. The van der Waals surface area contributed by atoms with Gasteiger partial charge in [0.2, 0.25) is 0 Å². The normalized spacial score (nSPS) is 12.2. The van der Waals surface area contributed by atoms with Crippen LogP contribution in [0.3, 0.4) is 0 Å². The summed E-state index contributed by atoms with van der Waals surface area (Å²) in [5.41, 5.74) is 1.99. The number of hydrogen-bond donors (Lipinski definition) is 3. The maximum atomic E-state index is 11.8. The van der Waals surface area contributed by atoms with Crippen LogP contribution in [0.15, 0.2) is 24.3 Å². The van der Waals surface area contributed by atoms with E-state index in [4.69, 9.17) is 0 Å². The molecule has 1 rings (SSSR count). The first-order valence-corrected chi connectivity index (χ1v) is 7.56. The van der Waals surface area contributed by atoms with E-state index in [-0.39, 0.29) is 12.1 Å².